The lowest BCUT2D eigenvalue weighted by atomic mass is 10.0. The number of benzene rings is 1. The van der Waals surface area contributed by atoms with Crippen LogP contribution in [0.5, 0.6) is 0 Å². The molecule has 25 heavy (non-hydrogen) atoms. The molecule has 0 aliphatic carbocycles. The Labute approximate surface area is 149 Å². The van der Waals surface area contributed by atoms with Crippen LogP contribution >= 0.6 is 0 Å². The van der Waals surface area contributed by atoms with Crippen molar-refractivity contribution >= 4 is 17.6 Å². The number of carbonyl (C=O) groups is 2. The molecule has 6 nitrogen and oxygen atoms in total. The molecule has 1 aromatic carbocycles. The number of urea groups is 1. The number of nitrogens with zero attached hydrogens (tertiary/aromatic N) is 3. The van der Waals surface area contributed by atoms with Crippen LogP contribution in [0.2, 0.25) is 0 Å². The molecule has 1 atom stereocenters. The summed E-state index contributed by atoms with van der Waals surface area (Å²) in [5, 5.41) is 2.90. The van der Waals surface area contributed by atoms with E-state index in [9.17, 15) is 9.59 Å². The first-order valence-corrected chi connectivity index (χ1v) is 9.26. The van der Waals surface area contributed by atoms with Gasteiger partial charge in [-0.25, -0.2) is 4.79 Å². The summed E-state index contributed by atoms with van der Waals surface area (Å²) in [6, 6.07) is 9.86. The van der Waals surface area contributed by atoms with Crippen LogP contribution in [0.1, 0.15) is 26.2 Å². The average molecular weight is 344 g/mol. The first kappa shape index (κ1) is 17.7. The molecule has 2 heterocycles. The highest BCUT2D eigenvalue weighted by Crippen LogP contribution is 2.16. The maximum atomic E-state index is 12.5. The van der Waals surface area contributed by atoms with E-state index in [0.717, 1.165) is 12.2 Å². The largest absolute Gasteiger partial charge is 0.338 e. The fourth-order valence-corrected chi connectivity index (χ4v) is 3.55. The fourth-order valence-electron chi connectivity index (χ4n) is 3.55. The summed E-state index contributed by atoms with van der Waals surface area (Å²) in [5.74, 6) is 0.192. The van der Waals surface area contributed by atoms with Gasteiger partial charge < -0.3 is 15.1 Å². The van der Waals surface area contributed by atoms with Gasteiger partial charge in [-0.15, -0.1) is 0 Å². The molecular weight excluding hydrogens is 316 g/mol. The Bertz CT molecular complexity index is 584. The van der Waals surface area contributed by atoms with E-state index < -0.39 is 0 Å². The van der Waals surface area contributed by atoms with Gasteiger partial charge in [0.15, 0.2) is 0 Å². The summed E-state index contributed by atoms with van der Waals surface area (Å²) in [4.78, 5) is 30.8. The number of anilines is 1. The van der Waals surface area contributed by atoms with Crippen molar-refractivity contribution in [1.82, 2.24) is 14.7 Å². The summed E-state index contributed by atoms with van der Waals surface area (Å²) in [7, 11) is 0. The van der Waals surface area contributed by atoms with Gasteiger partial charge in [-0.2, -0.15) is 0 Å². The van der Waals surface area contributed by atoms with Crippen LogP contribution in [0.25, 0.3) is 0 Å². The number of hydrogen-bond acceptors (Lipinski definition) is 3. The zero-order valence-electron chi connectivity index (χ0n) is 15.0. The van der Waals surface area contributed by atoms with Crippen molar-refractivity contribution in [2.24, 2.45) is 0 Å². The Morgan fingerprint density at radius 1 is 1.00 bits per heavy atom. The van der Waals surface area contributed by atoms with Gasteiger partial charge in [-0.3, -0.25) is 9.69 Å². The molecule has 2 aliphatic rings. The number of piperazine rings is 1. The molecule has 6 heteroatoms. The molecule has 0 radical (unpaired) electrons. The fraction of sp³-hybridized carbons (Fsp3) is 0.579. The first-order valence-electron chi connectivity index (χ1n) is 9.26. The number of para-hydroxylation sites is 1. The normalized spacial score (nSPS) is 21.9. The van der Waals surface area contributed by atoms with Gasteiger partial charge in [0, 0.05) is 37.9 Å². The van der Waals surface area contributed by atoms with Crippen molar-refractivity contribution in [2.45, 2.75) is 32.2 Å². The van der Waals surface area contributed by atoms with Gasteiger partial charge in [-0.05, 0) is 38.4 Å². The number of rotatable bonds is 3. The first-order chi connectivity index (χ1) is 12.1. The smallest absolute Gasteiger partial charge is 0.321 e. The molecule has 2 fully saturated rings. The zero-order valence-corrected chi connectivity index (χ0v) is 15.0. The summed E-state index contributed by atoms with van der Waals surface area (Å²) >= 11 is 0. The van der Waals surface area contributed by atoms with Crippen LogP contribution in [0.15, 0.2) is 30.3 Å². The minimum Gasteiger partial charge on any atom is -0.338 e. The molecule has 0 saturated carbocycles. The highest BCUT2D eigenvalue weighted by atomic mass is 16.2. The topological polar surface area (TPSA) is 55.9 Å². The van der Waals surface area contributed by atoms with E-state index in [2.05, 4.69) is 17.1 Å². The summed E-state index contributed by atoms with van der Waals surface area (Å²) in [6.07, 6.45) is 3.63. The van der Waals surface area contributed by atoms with Crippen LogP contribution in [-0.2, 0) is 4.79 Å². The van der Waals surface area contributed by atoms with Crippen LogP contribution in [0, 0.1) is 0 Å². The third kappa shape index (κ3) is 4.72. The van der Waals surface area contributed by atoms with E-state index in [4.69, 9.17) is 0 Å². The van der Waals surface area contributed by atoms with Crippen molar-refractivity contribution in [3.63, 3.8) is 0 Å². The lowest BCUT2D eigenvalue weighted by molar-refractivity contribution is -0.134. The second-order valence-electron chi connectivity index (χ2n) is 6.98. The predicted octanol–water partition coefficient (Wildman–Crippen LogP) is 2.24. The molecule has 2 saturated heterocycles. The number of amides is 3. The number of nitrogens with one attached hydrogen (secondary N) is 1. The van der Waals surface area contributed by atoms with E-state index >= 15 is 0 Å². The Balaban J connectivity index is 1.44. The number of piperidine rings is 1. The Hall–Kier alpha value is -2.08. The minimum absolute atomic E-state index is 0.0945. The third-order valence-corrected chi connectivity index (χ3v) is 5.22. The molecule has 2 aliphatic heterocycles. The van der Waals surface area contributed by atoms with Crippen molar-refractivity contribution in [3.05, 3.63) is 30.3 Å². The van der Waals surface area contributed by atoms with E-state index in [-0.39, 0.29) is 11.9 Å². The molecule has 3 rings (SSSR count). The molecule has 136 valence electrons. The third-order valence-electron chi connectivity index (χ3n) is 5.22. The Morgan fingerprint density at radius 3 is 2.36 bits per heavy atom. The van der Waals surface area contributed by atoms with Crippen LogP contribution < -0.4 is 5.32 Å². The second kappa shape index (κ2) is 8.34. The van der Waals surface area contributed by atoms with E-state index in [1.54, 1.807) is 4.90 Å². The molecule has 1 aromatic rings. The monoisotopic (exact) mass is 344 g/mol. The molecule has 0 bridgehead atoms. The molecule has 1 unspecified atom stereocenters. The maximum absolute atomic E-state index is 12.5. The zero-order chi connectivity index (χ0) is 17.6. The predicted molar refractivity (Wildman–Crippen MR) is 98.5 cm³/mol. The Kier molecular flexibility index (Phi) is 5.91. The van der Waals surface area contributed by atoms with E-state index in [1.807, 2.05) is 35.2 Å². The summed E-state index contributed by atoms with van der Waals surface area (Å²) in [5.41, 5.74) is 0.796. The second-order valence-corrected chi connectivity index (χ2v) is 6.98. The molecule has 0 aromatic heterocycles. The van der Waals surface area contributed by atoms with Crippen LogP contribution in [-0.4, -0.2) is 71.9 Å². The number of likely N-dealkylation sites (tertiary alicyclic amines) is 1. The van der Waals surface area contributed by atoms with Crippen molar-refractivity contribution in [2.75, 3.05) is 44.6 Å². The average Bonchev–Trinajstić information content (AvgIpc) is 2.64. The van der Waals surface area contributed by atoms with E-state index in [1.165, 1.54) is 19.3 Å². The van der Waals surface area contributed by atoms with Crippen molar-refractivity contribution in [1.29, 1.82) is 0 Å². The quantitative estimate of drug-likeness (QED) is 0.915. The van der Waals surface area contributed by atoms with Crippen molar-refractivity contribution < 1.29 is 9.59 Å². The molecular formula is C19H28N4O2. The molecule has 3 amide bonds. The van der Waals surface area contributed by atoms with Crippen LogP contribution in [0.4, 0.5) is 10.5 Å². The molecule has 1 N–H and O–H groups in total. The highest BCUT2D eigenvalue weighted by Gasteiger charge is 2.27. The van der Waals surface area contributed by atoms with Gasteiger partial charge in [-0.1, -0.05) is 24.6 Å². The minimum atomic E-state index is -0.0945. The van der Waals surface area contributed by atoms with Gasteiger partial charge in [0.2, 0.25) is 5.91 Å². The number of hydrogen-bond donors (Lipinski definition) is 1. The Morgan fingerprint density at radius 2 is 1.68 bits per heavy atom. The van der Waals surface area contributed by atoms with Gasteiger partial charge >= 0.3 is 6.03 Å². The van der Waals surface area contributed by atoms with Gasteiger partial charge in [0.25, 0.3) is 0 Å². The SMILES string of the molecule is CC1CCCCN1CC(=O)N1CCN(C(=O)Nc2ccccc2)CC1. The lowest BCUT2D eigenvalue weighted by Crippen LogP contribution is -2.54. The van der Waals surface area contributed by atoms with E-state index in [0.29, 0.717) is 38.8 Å². The standard InChI is InChI=1S/C19H28N4O2/c1-16-7-5-6-10-23(16)15-18(24)21-11-13-22(14-12-21)19(25)20-17-8-3-2-4-9-17/h2-4,8-9,16H,5-7,10-15H2,1H3,(H,20,25). The highest BCUT2D eigenvalue weighted by molar-refractivity contribution is 5.89. The molecule has 0 spiro atoms. The maximum Gasteiger partial charge on any atom is 0.321 e. The van der Waals surface area contributed by atoms with Crippen LogP contribution in [0.3, 0.4) is 0 Å². The van der Waals surface area contributed by atoms with Crippen molar-refractivity contribution in [3.8, 4) is 0 Å². The number of carbonyl (C=O) groups excluding carboxylic acids is 2. The lowest BCUT2D eigenvalue weighted by Gasteiger charge is -2.38. The van der Waals surface area contributed by atoms with Gasteiger partial charge in [0.1, 0.15) is 0 Å². The summed E-state index contributed by atoms with van der Waals surface area (Å²) in [6.45, 7) is 6.13. The van der Waals surface area contributed by atoms with Gasteiger partial charge in [0.05, 0.1) is 6.54 Å². The summed E-state index contributed by atoms with van der Waals surface area (Å²) < 4.78 is 0.